The fourth-order valence-electron chi connectivity index (χ4n) is 5.78. The predicted molar refractivity (Wildman–Crippen MR) is 144 cm³/mol. The fraction of sp³-hybridized carbons (Fsp3) is 0.643. The van der Waals surface area contributed by atoms with Gasteiger partial charge in [0, 0.05) is 24.2 Å². The molecule has 2 fully saturated rings. The van der Waals surface area contributed by atoms with Crippen LogP contribution in [-0.4, -0.2) is 49.3 Å². The summed E-state index contributed by atoms with van der Waals surface area (Å²) in [6.45, 7) is 6.63. The van der Waals surface area contributed by atoms with Crippen molar-refractivity contribution < 1.29 is 9.59 Å². The summed E-state index contributed by atoms with van der Waals surface area (Å²) in [5.41, 5.74) is 1.68. The van der Waals surface area contributed by atoms with Gasteiger partial charge in [-0.3, -0.25) is 9.59 Å². The Morgan fingerprint density at radius 3 is 2.28 bits per heavy atom. The molecule has 0 bridgehead atoms. The van der Waals surface area contributed by atoms with Crippen LogP contribution < -0.4 is 5.32 Å². The number of carbonyl (C=O) groups is 2. The monoisotopic (exact) mass is 511 g/mol. The molecule has 2 aromatic rings. The normalized spacial score (nSPS) is 18.1. The number of thioether (sulfide) groups is 1. The summed E-state index contributed by atoms with van der Waals surface area (Å²) in [5.74, 6) is 1.21. The minimum absolute atomic E-state index is 0.128. The van der Waals surface area contributed by atoms with Crippen molar-refractivity contribution in [1.29, 1.82) is 0 Å². The number of amides is 2. The van der Waals surface area contributed by atoms with Crippen LogP contribution in [0.2, 0.25) is 0 Å². The molecule has 0 aliphatic heterocycles. The van der Waals surface area contributed by atoms with E-state index in [9.17, 15) is 9.59 Å². The maximum absolute atomic E-state index is 13.6. The molecule has 0 radical (unpaired) electrons. The van der Waals surface area contributed by atoms with Gasteiger partial charge in [-0.2, -0.15) is 0 Å². The summed E-state index contributed by atoms with van der Waals surface area (Å²) < 4.78 is 2.02. The van der Waals surface area contributed by atoms with Gasteiger partial charge >= 0.3 is 0 Å². The van der Waals surface area contributed by atoms with Crippen LogP contribution in [0.3, 0.4) is 0 Å². The van der Waals surface area contributed by atoms with Crippen molar-refractivity contribution in [1.82, 2.24) is 25.0 Å². The Labute approximate surface area is 219 Å². The lowest BCUT2D eigenvalue weighted by Crippen LogP contribution is -2.49. The molecule has 1 N–H and O–H groups in total. The first kappa shape index (κ1) is 26.7. The molecule has 1 heterocycles. The van der Waals surface area contributed by atoms with E-state index in [4.69, 9.17) is 0 Å². The van der Waals surface area contributed by atoms with E-state index in [0.717, 1.165) is 36.4 Å². The highest BCUT2D eigenvalue weighted by Crippen LogP contribution is 2.31. The van der Waals surface area contributed by atoms with E-state index in [1.54, 1.807) is 0 Å². The molecule has 0 saturated heterocycles. The highest BCUT2D eigenvalue weighted by molar-refractivity contribution is 7.99. The molecule has 36 heavy (non-hydrogen) atoms. The van der Waals surface area contributed by atoms with Crippen molar-refractivity contribution in [2.24, 2.45) is 0 Å². The largest absolute Gasteiger partial charge is 0.342 e. The van der Waals surface area contributed by atoms with E-state index in [-0.39, 0.29) is 17.9 Å². The summed E-state index contributed by atoms with van der Waals surface area (Å²) in [6.07, 6.45) is 12.1. The van der Waals surface area contributed by atoms with Gasteiger partial charge < -0.3 is 14.8 Å². The zero-order valence-corrected chi connectivity index (χ0v) is 22.9. The lowest BCUT2D eigenvalue weighted by molar-refractivity contribution is -0.135. The number of rotatable bonds is 9. The van der Waals surface area contributed by atoms with Crippen LogP contribution in [0.1, 0.15) is 106 Å². The molecule has 2 saturated carbocycles. The molecule has 1 aromatic carbocycles. The Bertz CT molecular complexity index is 1010. The van der Waals surface area contributed by atoms with E-state index in [1.165, 1.54) is 50.3 Å². The van der Waals surface area contributed by atoms with Gasteiger partial charge in [-0.15, -0.1) is 10.2 Å². The Morgan fingerprint density at radius 1 is 1.06 bits per heavy atom. The first-order chi connectivity index (χ1) is 17.5. The Balaban J connectivity index is 1.42. The van der Waals surface area contributed by atoms with Gasteiger partial charge in [0.05, 0.1) is 11.8 Å². The van der Waals surface area contributed by atoms with Crippen molar-refractivity contribution >= 4 is 23.6 Å². The van der Waals surface area contributed by atoms with Crippen LogP contribution in [0, 0.1) is 6.92 Å². The molecular weight excluding hydrogens is 470 g/mol. The number of nitrogens with zero attached hydrogens (tertiary/aromatic N) is 4. The lowest BCUT2D eigenvalue weighted by atomic mass is 9.88. The molecule has 196 valence electrons. The number of benzene rings is 1. The van der Waals surface area contributed by atoms with Crippen molar-refractivity contribution in [3.8, 4) is 0 Å². The van der Waals surface area contributed by atoms with Gasteiger partial charge in [0.25, 0.3) is 5.91 Å². The van der Waals surface area contributed by atoms with Crippen LogP contribution >= 0.6 is 11.8 Å². The van der Waals surface area contributed by atoms with Gasteiger partial charge in [-0.1, -0.05) is 68.0 Å². The molecule has 2 aliphatic carbocycles. The number of aromatic nitrogens is 3. The van der Waals surface area contributed by atoms with Gasteiger partial charge in [0.15, 0.2) is 11.0 Å². The summed E-state index contributed by atoms with van der Waals surface area (Å²) in [6, 6.07) is 8.05. The molecule has 0 spiro atoms. The Morgan fingerprint density at radius 2 is 1.69 bits per heavy atom. The zero-order valence-electron chi connectivity index (χ0n) is 22.0. The molecule has 2 amide bonds. The lowest BCUT2D eigenvalue weighted by Gasteiger charge is -2.41. The van der Waals surface area contributed by atoms with Crippen molar-refractivity contribution in [2.75, 3.05) is 5.75 Å². The third kappa shape index (κ3) is 6.50. The number of hydrogen-bond donors (Lipinski definition) is 1. The first-order valence-electron chi connectivity index (χ1n) is 13.7. The van der Waals surface area contributed by atoms with Crippen molar-refractivity contribution in [3.63, 3.8) is 0 Å². The molecule has 1 aromatic heterocycles. The van der Waals surface area contributed by atoms with E-state index >= 15 is 0 Å². The molecule has 0 unspecified atom stereocenters. The summed E-state index contributed by atoms with van der Waals surface area (Å²) in [4.78, 5) is 28.6. The first-order valence-corrected chi connectivity index (χ1v) is 14.7. The zero-order chi connectivity index (χ0) is 25.5. The van der Waals surface area contributed by atoms with Crippen LogP contribution in [0.5, 0.6) is 0 Å². The smallest absolute Gasteiger partial charge is 0.251 e. The Hall–Kier alpha value is -2.35. The van der Waals surface area contributed by atoms with Gasteiger partial charge in [0.2, 0.25) is 5.91 Å². The number of aryl methyl sites for hydroxylation is 1. The second-order valence-corrected chi connectivity index (χ2v) is 11.3. The topological polar surface area (TPSA) is 80.1 Å². The van der Waals surface area contributed by atoms with Crippen molar-refractivity contribution in [2.45, 2.75) is 115 Å². The van der Waals surface area contributed by atoms with Gasteiger partial charge in [-0.25, -0.2) is 0 Å². The van der Waals surface area contributed by atoms with Crippen LogP contribution in [0.15, 0.2) is 29.4 Å². The maximum Gasteiger partial charge on any atom is 0.251 e. The highest BCUT2D eigenvalue weighted by atomic mass is 32.2. The van der Waals surface area contributed by atoms with E-state index in [1.807, 2.05) is 49.6 Å². The molecule has 8 heteroatoms. The number of hydrogen-bond acceptors (Lipinski definition) is 5. The van der Waals surface area contributed by atoms with Crippen LogP contribution in [0.25, 0.3) is 0 Å². The van der Waals surface area contributed by atoms with E-state index in [0.29, 0.717) is 35.8 Å². The predicted octanol–water partition coefficient (Wildman–Crippen LogP) is 5.68. The minimum atomic E-state index is -0.295. The summed E-state index contributed by atoms with van der Waals surface area (Å²) in [5, 5.41) is 12.6. The van der Waals surface area contributed by atoms with Crippen LogP contribution in [0.4, 0.5) is 0 Å². The average Bonchev–Trinajstić information content (AvgIpc) is 3.32. The molecule has 7 nitrogen and oxygen atoms in total. The standard InChI is InChI=1S/C28H41N5O2S/c1-4-32-26(21(3)29-27(35)22-13-11-12-20(2)18-22)30-31-28(32)36-19-25(34)33(23-14-7-5-8-15-23)24-16-9-6-10-17-24/h11-13,18,21,23-24H,4-10,14-17,19H2,1-3H3,(H,29,35)/t21-/m1/s1. The Kier molecular flexibility index (Phi) is 9.46. The van der Waals surface area contributed by atoms with Crippen LogP contribution in [-0.2, 0) is 11.3 Å². The van der Waals surface area contributed by atoms with E-state index < -0.39 is 0 Å². The molecule has 1 atom stereocenters. The number of carbonyl (C=O) groups excluding carboxylic acids is 2. The third-order valence-corrected chi connectivity index (χ3v) is 8.58. The van der Waals surface area contributed by atoms with E-state index in [2.05, 4.69) is 20.4 Å². The van der Waals surface area contributed by atoms with Gasteiger partial charge in [0.1, 0.15) is 0 Å². The third-order valence-electron chi connectivity index (χ3n) is 7.63. The highest BCUT2D eigenvalue weighted by Gasteiger charge is 2.32. The van der Waals surface area contributed by atoms with Crippen molar-refractivity contribution in [3.05, 3.63) is 41.2 Å². The average molecular weight is 512 g/mol. The minimum Gasteiger partial charge on any atom is -0.342 e. The summed E-state index contributed by atoms with van der Waals surface area (Å²) in [7, 11) is 0. The maximum atomic E-state index is 13.6. The molecule has 4 rings (SSSR count). The van der Waals surface area contributed by atoms with Gasteiger partial charge in [-0.05, 0) is 58.6 Å². The number of nitrogens with one attached hydrogen (secondary N) is 1. The molecular formula is C28H41N5O2S. The fourth-order valence-corrected chi connectivity index (χ4v) is 6.66. The quantitative estimate of drug-likeness (QED) is 0.438. The summed E-state index contributed by atoms with van der Waals surface area (Å²) >= 11 is 1.48. The second-order valence-electron chi connectivity index (χ2n) is 10.3. The SMILES string of the molecule is CCn1c(SCC(=O)N(C2CCCCC2)C2CCCCC2)nnc1[C@@H](C)NC(=O)c1cccc(C)c1. The second kappa shape index (κ2) is 12.7. The molecule has 2 aliphatic rings.